The molecule has 4 N–H and O–H groups in total. The lowest BCUT2D eigenvalue weighted by Gasteiger charge is -2.11. The first-order chi connectivity index (χ1) is 4.66. The molecule has 5 heteroatoms. The largest absolute Gasteiger partial charge is 0.394 e. The van der Waals surface area contributed by atoms with Crippen LogP contribution < -0.4 is 5.73 Å². The lowest BCUT2D eigenvalue weighted by Crippen LogP contribution is -2.41. The molecule has 0 aromatic carbocycles. The molecule has 10 heavy (non-hydrogen) atoms. The van der Waals surface area contributed by atoms with Gasteiger partial charge in [0.1, 0.15) is 14.0 Å². The van der Waals surface area contributed by atoms with Crippen molar-refractivity contribution >= 4 is 7.85 Å². The summed E-state index contributed by atoms with van der Waals surface area (Å²) in [5.74, 6) is 0. The monoisotopic (exact) mass is 143 g/mol. The zero-order chi connectivity index (χ0) is 7.72. The second-order valence-electron chi connectivity index (χ2n) is 2.39. The predicted molar refractivity (Wildman–Crippen MR) is 35.5 cm³/mol. The molecule has 0 spiro atoms. The van der Waals surface area contributed by atoms with Crippen LogP contribution in [0.5, 0.6) is 0 Å². The first-order valence-corrected chi connectivity index (χ1v) is 3.12. The van der Waals surface area contributed by atoms with Gasteiger partial charge in [-0.25, -0.2) is 0 Å². The van der Waals surface area contributed by atoms with Gasteiger partial charge in [0.15, 0.2) is 0 Å². The van der Waals surface area contributed by atoms with Crippen molar-refractivity contribution in [2.45, 2.75) is 24.3 Å². The molecule has 1 fully saturated rings. The van der Waals surface area contributed by atoms with E-state index in [0.717, 1.165) is 0 Å². The van der Waals surface area contributed by atoms with E-state index in [2.05, 4.69) is 0 Å². The maximum atomic E-state index is 9.14. The lowest BCUT2D eigenvalue weighted by molar-refractivity contribution is -0.00436. The van der Waals surface area contributed by atoms with Crippen LogP contribution in [0, 0.1) is 0 Å². The summed E-state index contributed by atoms with van der Waals surface area (Å²) in [7, 11) is 5.32. The number of ether oxygens (including phenoxy) is 1. The molecule has 4 nitrogen and oxygen atoms in total. The van der Waals surface area contributed by atoms with E-state index in [0.29, 0.717) is 0 Å². The Labute approximate surface area is 60.4 Å². The Morgan fingerprint density at radius 2 is 2.20 bits per heavy atom. The molecule has 1 heterocycles. The van der Waals surface area contributed by atoms with Gasteiger partial charge in [0.2, 0.25) is 0 Å². The summed E-state index contributed by atoms with van der Waals surface area (Å²) < 4.78 is 4.89. The van der Waals surface area contributed by atoms with Crippen LogP contribution in [-0.4, -0.2) is 48.9 Å². The smallest absolute Gasteiger partial charge is 0.111 e. The Morgan fingerprint density at radius 3 is 2.40 bits per heavy atom. The number of aliphatic hydroxyl groups is 2. The quantitative estimate of drug-likeness (QED) is 0.356. The molecule has 2 radical (unpaired) electrons. The fourth-order valence-electron chi connectivity index (χ4n) is 0.966. The molecule has 56 valence electrons. The van der Waals surface area contributed by atoms with Crippen LogP contribution in [0.25, 0.3) is 0 Å². The van der Waals surface area contributed by atoms with Crippen LogP contribution in [-0.2, 0) is 4.74 Å². The molecule has 0 aromatic heterocycles. The Hall–Kier alpha value is -0.0951. The van der Waals surface area contributed by atoms with Crippen molar-refractivity contribution in [3.05, 3.63) is 0 Å². The van der Waals surface area contributed by atoms with Crippen LogP contribution in [0.2, 0.25) is 0 Å². The maximum Gasteiger partial charge on any atom is 0.111 e. The van der Waals surface area contributed by atoms with E-state index in [4.69, 9.17) is 28.5 Å². The molecule has 0 aliphatic carbocycles. The molecular formula is C5H10BNO3. The Bertz CT molecular complexity index is 123. The highest BCUT2D eigenvalue weighted by molar-refractivity contribution is 6.11. The van der Waals surface area contributed by atoms with Crippen molar-refractivity contribution < 1.29 is 14.9 Å². The van der Waals surface area contributed by atoms with Crippen molar-refractivity contribution in [1.82, 2.24) is 0 Å². The molecule has 1 rings (SSSR count). The van der Waals surface area contributed by atoms with Crippen molar-refractivity contribution in [1.29, 1.82) is 0 Å². The van der Waals surface area contributed by atoms with Gasteiger partial charge in [-0.3, -0.25) is 0 Å². The molecule has 1 aliphatic rings. The highest BCUT2D eigenvalue weighted by Gasteiger charge is 2.37. The van der Waals surface area contributed by atoms with Gasteiger partial charge in [-0.2, -0.15) is 0 Å². The van der Waals surface area contributed by atoms with Crippen LogP contribution in [0.3, 0.4) is 0 Å². The average molecular weight is 143 g/mol. The Morgan fingerprint density at radius 1 is 1.60 bits per heavy atom. The Kier molecular flexibility index (Phi) is 2.30. The molecule has 0 aromatic rings. The average Bonchev–Trinajstić information content (AvgIpc) is 2.17. The summed E-state index contributed by atoms with van der Waals surface area (Å²) >= 11 is 0. The topological polar surface area (TPSA) is 75.7 Å². The van der Waals surface area contributed by atoms with Gasteiger partial charge in [-0.15, -0.1) is 0 Å². The minimum Gasteiger partial charge on any atom is -0.394 e. The van der Waals surface area contributed by atoms with Gasteiger partial charge in [0.05, 0.1) is 18.8 Å². The van der Waals surface area contributed by atoms with Crippen molar-refractivity contribution in [2.75, 3.05) is 6.61 Å². The summed E-state index contributed by atoms with van der Waals surface area (Å²) in [6.45, 7) is -0.247. The number of nitrogens with two attached hydrogens (primary N) is 1. The second kappa shape index (κ2) is 2.88. The van der Waals surface area contributed by atoms with E-state index < -0.39 is 24.3 Å². The van der Waals surface area contributed by atoms with Crippen molar-refractivity contribution in [3.8, 4) is 0 Å². The molecule has 0 bridgehead atoms. The highest BCUT2D eigenvalue weighted by atomic mass is 16.5. The maximum absolute atomic E-state index is 9.14. The van der Waals surface area contributed by atoms with Gasteiger partial charge in [-0.1, -0.05) is 0 Å². The van der Waals surface area contributed by atoms with Gasteiger partial charge in [0, 0.05) is 6.00 Å². The number of rotatable bonds is 1. The zero-order valence-corrected chi connectivity index (χ0v) is 5.47. The van der Waals surface area contributed by atoms with Crippen molar-refractivity contribution in [3.63, 3.8) is 0 Å². The summed E-state index contributed by atoms with van der Waals surface area (Å²) in [5, 5.41) is 17.7. The van der Waals surface area contributed by atoms with E-state index in [-0.39, 0.29) is 6.61 Å². The third kappa shape index (κ3) is 1.18. The molecule has 1 saturated heterocycles. The molecule has 0 amide bonds. The second-order valence-corrected chi connectivity index (χ2v) is 2.39. The highest BCUT2D eigenvalue weighted by Crippen LogP contribution is 2.16. The first-order valence-electron chi connectivity index (χ1n) is 3.12. The minimum absolute atomic E-state index is 0.247. The molecule has 4 atom stereocenters. The molecular weight excluding hydrogens is 133 g/mol. The van der Waals surface area contributed by atoms with Crippen LogP contribution in [0.4, 0.5) is 0 Å². The van der Waals surface area contributed by atoms with Gasteiger partial charge in [-0.05, 0) is 0 Å². The van der Waals surface area contributed by atoms with Gasteiger partial charge >= 0.3 is 0 Å². The lowest BCUT2D eigenvalue weighted by atomic mass is 9.91. The summed E-state index contributed by atoms with van der Waals surface area (Å²) in [5.41, 5.74) is 5.38. The Balaban J connectivity index is 2.53. The van der Waals surface area contributed by atoms with Crippen LogP contribution in [0.15, 0.2) is 0 Å². The van der Waals surface area contributed by atoms with Crippen LogP contribution in [0.1, 0.15) is 0 Å². The van der Waals surface area contributed by atoms with Crippen molar-refractivity contribution in [2.24, 2.45) is 5.73 Å². The molecule has 4 unspecified atom stereocenters. The summed E-state index contributed by atoms with van der Waals surface area (Å²) in [6.07, 6.45) is -1.47. The van der Waals surface area contributed by atoms with Crippen LogP contribution >= 0.6 is 0 Å². The zero-order valence-electron chi connectivity index (χ0n) is 5.47. The predicted octanol–water partition coefficient (Wildman–Crippen LogP) is -2.44. The fraction of sp³-hybridized carbons (Fsp3) is 1.00. The fourth-order valence-corrected chi connectivity index (χ4v) is 0.966. The standard InChI is InChI=1S/C5H10BNO3/c6-5-3(7)4(9)2(1-8)10-5/h2-5,8-9H,1,7H2. The summed E-state index contributed by atoms with van der Waals surface area (Å²) in [6, 6.07) is -1.25. The minimum atomic E-state index is -0.847. The normalized spacial score (nSPS) is 47.9. The van der Waals surface area contributed by atoms with E-state index in [1.54, 1.807) is 0 Å². The van der Waals surface area contributed by atoms with Gasteiger partial charge < -0.3 is 20.7 Å². The van der Waals surface area contributed by atoms with E-state index in [1.165, 1.54) is 0 Å². The first kappa shape index (κ1) is 8.01. The molecule has 1 aliphatic heterocycles. The molecule has 0 saturated carbocycles. The van der Waals surface area contributed by atoms with E-state index in [1.807, 2.05) is 0 Å². The summed E-state index contributed by atoms with van der Waals surface area (Å²) in [4.78, 5) is 0. The third-order valence-corrected chi connectivity index (χ3v) is 1.67. The van der Waals surface area contributed by atoms with E-state index in [9.17, 15) is 0 Å². The van der Waals surface area contributed by atoms with E-state index >= 15 is 0 Å². The number of hydrogen-bond donors (Lipinski definition) is 3. The number of hydrogen-bond acceptors (Lipinski definition) is 4. The SMILES string of the molecule is [B]C1OC(CO)C(O)C1N. The number of aliphatic hydroxyl groups excluding tert-OH is 2. The van der Waals surface area contributed by atoms with Gasteiger partial charge in [0.25, 0.3) is 0 Å². The third-order valence-electron chi connectivity index (χ3n) is 1.67.